The highest BCUT2D eigenvalue weighted by molar-refractivity contribution is 5.81. The Kier molecular flexibility index (Phi) is 1.43. The molecule has 0 saturated carbocycles. The average Bonchev–Trinajstić information content (AvgIpc) is 2.14. The Balaban J connectivity index is 2.42. The zero-order valence-electron chi connectivity index (χ0n) is 4.09. The number of carbonyl (C=O) groups is 1. The van der Waals surface area contributed by atoms with E-state index in [4.69, 9.17) is 0 Å². The monoisotopic (exact) mass is 118 g/mol. The summed E-state index contributed by atoms with van der Waals surface area (Å²) in [6.07, 6.45) is -0.630. The van der Waals surface area contributed by atoms with Crippen LogP contribution in [0.15, 0.2) is 0 Å². The molecule has 1 rings (SSSR count). The summed E-state index contributed by atoms with van der Waals surface area (Å²) in [6.45, 7) is 0.190. The standard InChI is InChI=1S/C3H6N2O3/c4-8-2-1-7-5-3(2)6/h2H,1,4H2,(H,5,6). The summed E-state index contributed by atoms with van der Waals surface area (Å²) in [4.78, 5) is 19.0. The molecular formula is C3H6N2O3. The molecule has 1 unspecified atom stereocenters. The molecule has 1 aliphatic rings. The SMILES string of the molecule is NOC1CONC1=O. The van der Waals surface area contributed by atoms with Gasteiger partial charge in [0.2, 0.25) is 0 Å². The Morgan fingerprint density at radius 2 is 2.75 bits per heavy atom. The van der Waals surface area contributed by atoms with Crippen LogP contribution in [0.5, 0.6) is 0 Å². The van der Waals surface area contributed by atoms with Gasteiger partial charge in [-0.25, -0.2) is 11.4 Å². The molecular weight excluding hydrogens is 112 g/mol. The predicted molar refractivity (Wildman–Crippen MR) is 23.2 cm³/mol. The number of nitrogens with one attached hydrogen (secondary N) is 1. The third-order valence-electron chi connectivity index (χ3n) is 0.864. The molecule has 3 N–H and O–H groups in total. The zero-order valence-corrected chi connectivity index (χ0v) is 4.09. The lowest BCUT2D eigenvalue weighted by Gasteiger charge is -1.96. The maximum atomic E-state index is 10.4. The first kappa shape index (κ1) is 5.49. The van der Waals surface area contributed by atoms with Crippen LogP contribution in [0.1, 0.15) is 0 Å². The molecule has 1 fully saturated rings. The van der Waals surface area contributed by atoms with Gasteiger partial charge in [-0.05, 0) is 0 Å². The van der Waals surface area contributed by atoms with Gasteiger partial charge in [0.25, 0.3) is 5.91 Å². The second kappa shape index (κ2) is 2.08. The van der Waals surface area contributed by atoms with Crippen LogP contribution in [0.3, 0.4) is 0 Å². The number of hydrogen-bond acceptors (Lipinski definition) is 4. The van der Waals surface area contributed by atoms with Crippen LogP contribution >= 0.6 is 0 Å². The highest BCUT2D eigenvalue weighted by Gasteiger charge is 2.25. The molecule has 1 amide bonds. The Hall–Kier alpha value is -0.650. The smallest absolute Gasteiger partial charge is 0.277 e. The second-order valence-corrected chi connectivity index (χ2v) is 1.40. The van der Waals surface area contributed by atoms with Crippen LogP contribution in [0.2, 0.25) is 0 Å². The van der Waals surface area contributed by atoms with E-state index < -0.39 is 6.10 Å². The summed E-state index contributed by atoms with van der Waals surface area (Å²) in [5, 5.41) is 0. The topological polar surface area (TPSA) is 73.6 Å². The zero-order chi connectivity index (χ0) is 5.98. The van der Waals surface area contributed by atoms with E-state index >= 15 is 0 Å². The van der Waals surface area contributed by atoms with Gasteiger partial charge < -0.3 is 0 Å². The lowest BCUT2D eigenvalue weighted by atomic mass is 10.4. The first-order valence-corrected chi connectivity index (χ1v) is 2.12. The summed E-state index contributed by atoms with van der Waals surface area (Å²) in [5.41, 5.74) is 2.08. The van der Waals surface area contributed by atoms with Gasteiger partial charge in [0.15, 0.2) is 6.10 Å². The van der Waals surface area contributed by atoms with Gasteiger partial charge in [-0.15, -0.1) is 0 Å². The van der Waals surface area contributed by atoms with Crippen molar-refractivity contribution in [1.82, 2.24) is 5.48 Å². The quantitative estimate of drug-likeness (QED) is 0.403. The fraction of sp³-hybridized carbons (Fsp3) is 0.667. The molecule has 8 heavy (non-hydrogen) atoms. The van der Waals surface area contributed by atoms with Gasteiger partial charge in [0.05, 0.1) is 0 Å². The summed E-state index contributed by atoms with van der Waals surface area (Å²) < 4.78 is 0. The predicted octanol–water partition coefficient (Wildman–Crippen LogP) is -1.69. The molecule has 1 heterocycles. The van der Waals surface area contributed by atoms with E-state index in [0.717, 1.165) is 0 Å². The molecule has 0 aromatic carbocycles. The van der Waals surface area contributed by atoms with Gasteiger partial charge in [-0.1, -0.05) is 0 Å². The van der Waals surface area contributed by atoms with Crippen molar-refractivity contribution >= 4 is 5.91 Å². The van der Waals surface area contributed by atoms with Gasteiger partial charge in [-0.2, -0.15) is 0 Å². The Morgan fingerprint density at radius 1 is 2.00 bits per heavy atom. The first-order valence-electron chi connectivity index (χ1n) is 2.12. The van der Waals surface area contributed by atoms with Crippen LogP contribution < -0.4 is 11.4 Å². The minimum absolute atomic E-state index is 0.190. The maximum absolute atomic E-state index is 10.4. The van der Waals surface area contributed by atoms with E-state index in [1.165, 1.54) is 0 Å². The molecule has 0 aromatic heterocycles. The number of hydroxylamine groups is 1. The second-order valence-electron chi connectivity index (χ2n) is 1.40. The summed E-state index contributed by atoms with van der Waals surface area (Å²) in [5.74, 6) is 4.36. The molecule has 5 nitrogen and oxygen atoms in total. The van der Waals surface area contributed by atoms with E-state index in [2.05, 4.69) is 21.1 Å². The minimum Gasteiger partial charge on any atom is -0.289 e. The van der Waals surface area contributed by atoms with Crippen LogP contribution in [0.4, 0.5) is 0 Å². The van der Waals surface area contributed by atoms with Crippen LogP contribution in [0, 0.1) is 0 Å². The van der Waals surface area contributed by atoms with Crippen LogP contribution in [-0.2, 0) is 14.5 Å². The fourth-order valence-electron chi connectivity index (χ4n) is 0.431. The molecule has 0 spiro atoms. The average molecular weight is 118 g/mol. The van der Waals surface area contributed by atoms with Crippen molar-refractivity contribution in [2.75, 3.05) is 6.61 Å². The summed E-state index contributed by atoms with van der Waals surface area (Å²) in [7, 11) is 0. The highest BCUT2D eigenvalue weighted by Crippen LogP contribution is 1.94. The first-order chi connectivity index (χ1) is 3.84. The van der Waals surface area contributed by atoms with E-state index in [0.29, 0.717) is 0 Å². The van der Waals surface area contributed by atoms with Crippen LogP contribution in [0.25, 0.3) is 0 Å². The molecule has 1 saturated heterocycles. The van der Waals surface area contributed by atoms with E-state index in [1.807, 2.05) is 0 Å². The lowest BCUT2D eigenvalue weighted by molar-refractivity contribution is -0.130. The molecule has 1 aliphatic heterocycles. The molecule has 0 radical (unpaired) electrons. The van der Waals surface area contributed by atoms with Gasteiger partial charge in [0.1, 0.15) is 6.61 Å². The van der Waals surface area contributed by atoms with Gasteiger partial charge in [-0.3, -0.25) is 14.5 Å². The number of hydrogen-bond donors (Lipinski definition) is 2. The summed E-state index contributed by atoms with van der Waals surface area (Å²) in [6, 6.07) is 0. The van der Waals surface area contributed by atoms with Crippen molar-refractivity contribution < 1.29 is 14.5 Å². The number of rotatable bonds is 1. The Bertz CT molecular complexity index is 105. The molecule has 46 valence electrons. The van der Waals surface area contributed by atoms with Crippen LogP contribution in [-0.4, -0.2) is 18.6 Å². The number of amides is 1. The molecule has 0 aromatic rings. The lowest BCUT2D eigenvalue weighted by Crippen LogP contribution is -2.28. The highest BCUT2D eigenvalue weighted by atomic mass is 16.7. The van der Waals surface area contributed by atoms with Crippen molar-refractivity contribution in [2.45, 2.75) is 6.10 Å². The van der Waals surface area contributed by atoms with E-state index in [-0.39, 0.29) is 12.5 Å². The van der Waals surface area contributed by atoms with Crippen molar-refractivity contribution in [3.8, 4) is 0 Å². The number of carbonyl (C=O) groups excluding carboxylic acids is 1. The third-order valence-corrected chi connectivity index (χ3v) is 0.864. The molecule has 0 aliphatic carbocycles. The van der Waals surface area contributed by atoms with Gasteiger partial charge >= 0.3 is 0 Å². The third kappa shape index (κ3) is 0.786. The Labute approximate surface area is 45.6 Å². The summed E-state index contributed by atoms with van der Waals surface area (Å²) >= 11 is 0. The maximum Gasteiger partial charge on any atom is 0.277 e. The largest absolute Gasteiger partial charge is 0.289 e. The minimum atomic E-state index is -0.630. The number of nitrogens with two attached hydrogens (primary N) is 1. The van der Waals surface area contributed by atoms with Crippen molar-refractivity contribution in [3.63, 3.8) is 0 Å². The van der Waals surface area contributed by atoms with Gasteiger partial charge in [0, 0.05) is 0 Å². The fourth-order valence-corrected chi connectivity index (χ4v) is 0.431. The molecule has 0 bridgehead atoms. The van der Waals surface area contributed by atoms with Crippen molar-refractivity contribution in [3.05, 3.63) is 0 Å². The van der Waals surface area contributed by atoms with Crippen molar-refractivity contribution in [1.29, 1.82) is 0 Å². The molecule has 1 atom stereocenters. The van der Waals surface area contributed by atoms with E-state index in [1.54, 1.807) is 0 Å². The van der Waals surface area contributed by atoms with Crippen molar-refractivity contribution in [2.24, 2.45) is 5.90 Å². The normalized spacial score (nSPS) is 28.1. The van der Waals surface area contributed by atoms with E-state index in [9.17, 15) is 4.79 Å². The molecule has 5 heteroatoms. The Morgan fingerprint density at radius 3 is 3.00 bits per heavy atom.